The van der Waals surface area contributed by atoms with Crippen LogP contribution in [0.1, 0.15) is 30.7 Å². The summed E-state index contributed by atoms with van der Waals surface area (Å²) in [4.78, 5) is 22.6. The first-order valence-corrected chi connectivity index (χ1v) is 9.98. The number of halogens is 1. The van der Waals surface area contributed by atoms with Gasteiger partial charge in [-0.25, -0.2) is 9.97 Å². The van der Waals surface area contributed by atoms with Crippen molar-refractivity contribution in [2.24, 2.45) is 23.5 Å². The molecule has 0 aliphatic heterocycles. The summed E-state index contributed by atoms with van der Waals surface area (Å²) in [7, 11) is 0. The van der Waals surface area contributed by atoms with Crippen molar-refractivity contribution in [1.82, 2.24) is 9.97 Å². The maximum absolute atomic E-state index is 12.6. The number of aryl methyl sites for hydroxylation is 2. The number of hydrogen-bond acceptors (Lipinski definition) is 5. The highest BCUT2D eigenvalue weighted by Crippen LogP contribution is 2.47. The molecule has 1 amide bonds. The van der Waals surface area contributed by atoms with Gasteiger partial charge in [-0.15, -0.1) is 12.4 Å². The Hall–Kier alpha value is -1.63. The number of aromatic nitrogens is 2. The van der Waals surface area contributed by atoms with Crippen molar-refractivity contribution in [1.29, 1.82) is 0 Å². The number of nitrogens with two attached hydrogens (primary N) is 1. The molecule has 27 heavy (non-hydrogen) atoms. The number of rotatable bonds is 4. The minimum atomic E-state index is -0.0357. The summed E-state index contributed by atoms with van der Waals surface area (Å²) in [5.74, 6) is 1.04. The minimum absolute atomic E-state index is 0. The molecule has 2 aliphatic carbocycles. The van der Waals surface area contributed by atoms with Gasteiger partial charge >= 0.3 is 0 Å². The average molecular weight is 405 g/mol. The fourth-order valence-corrected chi connectivity index (χ4v) is 5.26. The normalized spacial score (nSPS) is 25.9. The van der Waals surface area contributed by atoms with E-state index in [1.54, 1.807) is 0 Å². The average Bonchev–Trinajstić information content (AvgIpc) is 3.16. The lowest BCUT2D eigenvalue weighted by Crippen LogP contribution is -2.42. The van der Waals surface area contributed by atoms with Crippen LogP contribution < -0.4 is 11.1 Å². The third-order valence-corrected chi connectivity index (χ3v) is 6.45. The number of anilines is 1. The number of benzene rings is 1. The summed E-state index contributed by atoms with van der Waals surface area (Å²) in [6.45, 7) is 3.94. The van der Waals surface area contributed by atoms with Crippen LogP contribution in [0.4, 0.5) is 5.69 Å². The summed E-state index contributed by atoms with van der Waals surface area (Å²) >= 11 is 1.52. The van der Waals surface area contributed by atoms with Crippen LogP contribution in [0.15, 0.2) is 40.4 Å². The number of carbonyl (C=O) groups is 1. The zero-order valence-corrected chi connectivity index (χ0v) is 17.1. The highest BCUT2D eigenvalue weighted by atomic mass is 35.5. The third-order valence-electron chi connectivity index (χ3n) is 5.58. The number of carbonyl (C=O) groups excluding carboxylic acids is 1. The standard InChI is InChI=1S/C20H24N4OS.ClH/c1-11-9-12(2)23-20(22-11)26-16-7-5-15(6-8-16)24-19(25)17-13-3-4-14(10-13)18(17)21;/h5-9,13-14,17-18H,3-4,10,21H2,1-2H3,(H,24,25);1H. The highest BCUT2D eigenvalue weighted by molar-refractivity contribution is 7.99. The first-order chi connectivity index (χ1) is 12.5. The van der Waals surface area contributed by atoms with Gasteiger partial charge in [-0.3, -0.25) is 4.79 Å². The molecule has 0 spiro atoms. The summed E-state index contributed by atoms with van der Waals surface area (Å²) in [5, 5.41) is 3.79. The molecule has 2 saturated carbocycles. The maximum Gasteiger partial charge on any atom is 0.229 e. The Balaban J connectivity index is 0.00000210. The SMILES string of the molecule is Cc1cc(C)nc(Sc2ccc(NC(=O)C3C4CCC(C4)C3N)cc2)n1.Cl. The molecule has 144 valence electrons. The molecular formula is C20H25ClN4OS. The lowest BCUT2D eigenvalue weighted by molar-refractivity contribution is -0.121. The monoisotopic (exact) mass is 404 g/mol. The predicted molar refractivity (Wildman–Crippen MR) is 110 cm³/mol. The number of hydrogen-bond donors (Lipinski definition) is 2. The fraction of sp³-hybridized carbons (Fsp3) is 0.450. The van der Waals surface area contributed by atoms with Crippen LogP contribution in [0.3, 0.4) is 0 Å². The van der Waals surface area contributed by atoms with Crippen LogP contribution >= 0.6 is 24.2 Å². The molecule has 2 bridgehead atoms. The number of nitrogens with zero attached hydrogens (tertiary/aromatic N) is 2. The number of amides is 1. The highest BCUT2D eigenvalue weighted by Gasteiger charge is 2.49. The third kappa shape index (κ3) is 4.28. The van der Waals surface area contributed by atoms with Crippen LogP contribution in [0.25, 0.3) is 0 Å². The van der Waals surface area contributed by atoms with Crippen LogP contribution in [0.5, 0.6) is 0 Å². The van der Waals surface area contributed by atoms with E-state index in [9.17, 15) is 4.79 Å². The quantitative estimate of drug-likeness (QED) is 0.753. The number of fused-ring (bicyclic) bond motifs is 2. The van der Waals surface area contributed by atoms with Crippen molar-refractivity contribution in [3.8, 4) is 0 Å². The molecule has 2 aromatic rings. The largest absolute Gasteiger partial charge is 0.327 e. The first-order valence-electron chi connectivity index (χ1n) is 9.16. The molecule has 4 rings (SSSR count). The summed E-state index contributed by atoms with van der Waals surface area (Å²) in [5.41, 5.74) is 9.02. The van der Waals surface area contributed by atoms with Gasteiger partial charge in [0.2, 0.25) is 5.91 Å². The van der Waals surface area contributed by atoms with Crippen molar-refractivity contribution in [3.63, 3.8) is 0 Å². The van der Waals surface area contributed by atoms with Crippen LogP contribution in [0, 0.1) is 31.6 Å². The second-order valence-corrected chi connectivity index (χ2v) is 8.53. The Labute approximate surface area is 170 Å². The van der Waals surface area contributed by atoms with E-state index in [4.69, 9.17) is 5.73 Å². The molecule has 4 atom stereocenters. The lowest BCUT2D eigenvalue weighted by atomic mass is 9.84. The van der Waals surface area contributed by atoms with Gasteiger partial charge in [0.05, 0.1) is 5.92 Å². The predicted octanol–water partition coefficient (Wildman–Crippen LogP) is 3.98. The fourth-order valence-electron chi connectivity index (χ4n) is 4.40. The van der Waals surface area contributed by atoms with E-state index in [1.807, 2.05) is 44.2 Å². The van der Waals surface area contributed by atoms with Gasteiger partial charge in [-0.2, -0.15) is 0 Å². The van der Waals surface area contributed by atoms with Crippen molar-refractivity contribution in [3.05, 3.63) is 41.7 Å². The molecule has 0 saturated heterocycles. The zero-order chi connectivity index (χ0) is 18.3. The Morgan fingerprint density at radius 3 is 2.33 bits per heavy atom. The van der Waals surface area contributed by atoms with Crippen LogP contribution in [-0.2, 0) is 4.79 Å². The summed E-state index contributed by atoms with van der Waals surface area (Å²) in [6.07, 6.45) is 3.44. The van der Waals surface area contributed by atoms with Gasteiger partial charge in [-0.05, 0) is 87.0 Å². The van der Waals surface area contributed by atoms with Gasteiger partial charge < -0.3 is 11.1 Å². The van der Waals surface area contributed by atoms with Crippen LogP contribution in [-0.4, -0.2) is 21.9 Å². The number of nitrogens with one attached hydrogen (secondary N) is 1. The molecule has 3 N–H and O–H groups in total. The Morgan fingerprint density at radius 1 is 1.11 bits per heavy atom. The van der Waals surface area contributed by atoms with E-state index in [0.717, 1.165) is 40.0 Å². The van der Waals surface area contributed by atoms with Crippen molar-refractivity contribution in [2.45, 2.75) is 49.2 Å². The second-order valence-electron chi connectivity index (χ2n) is 7.49. The van der Waals surface area contributed by atoms with Gasteiger partial charge in [0.15, 0.2) is 5.16 Å². The molecule has 7 heteroatoms. The Bertz CT molecular complexity index is 807. The maximum atomic E-state index is 12.6. The molecule has 1 aromatic heterocycles. The molecule has 4 unspecified atom stereocenters. The van der Waals surface area contributed by atoms with Gasteiger partial charge in [0, 0.05) is 28.0 Å². The summed E-state index contributed by atoms with van der Waals surface area (Å²) in [6, 6.07) is 9.82. The summed E-state index contributed by atoms with van der Waals surface area (Å²) < 4.78 is 0. The molecule has 1 heterocycles. The first kappa shape index (κ1) is 20.1. The van der Waals surface area contributed by atoms with E-state index in [-0.39, 0.29) is 30.3 Å². The Morgan fingerprint density at radius 2 is 1.74 bits per heavy atom. The molecule has 2 aliphatic rings. The van der Waals surface area contributed by atoms with Crippen molar-refractivity contribution in [2.75, 3.05) is 5.32 Å². The minimum Gasteiger partial charge on any atom is -0.327 e. The van der Waals surface area contributed by atoms with E-state index in [0.29, 0.717) is 11.8 Å². The smallest absolute Gasteiger partial charge is 0.229 e. The van der Waals surface area contributed by atoms with E-state index < -0.39 is 0 Å². The van der Waals surface area contributed by atoms with Crippen molar-refractivity contribution < 1.29 is 4.79 Å². The second kappa shape index (κ2) is 8.17. The van der Waals surface area contributed by atoms with Gasteiger partial charge in [0.25, 0.3) is 0 Å². The van der Waals surface area contributed by atoms with Crippen LogP contribution in [0.2, 0.25) is 0 Å². The lowest BCUT2D eigenvalue weighted by Gasteiger charge is -2.27. The zero-order valence-electron chi connectivity index (χ0n) is 15.5. The molecule has 1 aromatic carbocycles. The Kier molecular flexibility index (Phi) is 6.08. The molecule has 0 radical (unpaired) electrons. The van der Waals surface area contributed by atoms with Gasteiger partial charge in [-0.1, -0.05) is 0 Å². The molecule has 2 fully saturated rings. The van der Waals surface area contributed by atoms with E-state index in [1.165, 1.54) is 18.2 Å². The van der Waals surface area contributed by atoms with Crippen molar-refractivity contribution >= 4 is 35.8 Å². The molecular weight excluding hydrogens is 380 g/mol. The van der Waals surface area contributed by atoms with E-state index in [2.05, 4.69) is 15.3 Å². The topological polar surface area (TPSA) is 80.9 Å². The molecule has 5 nitrogen and oxygen atoms in total. The van der Waals surface area contributed by atoms with Gasteiger partial charge in [0.1, 0.15) is 0 Å². The van der Waals surface area contributed by atoms with E-state index >= 15 is 0 Å².